The molecule has 0 fully saturated rings. The van der Waals surface area contributed by atoms with Crippen LogP contribution in [0.5, 0.6) is 0 Å². The second-order valence-corrected chi connectivity index (χ2v) is 6.99. The zero-order valence-electron chi connectivity index (χ0n) is 18.3. The Hall–Kier alpha value is -1.67. The van der Waals surface area contributed by atoms with E-state index >= 15 is 0 Å². The van der Waals surface area contributed by atoms with Gasteiger partial charge in [0.15, 0.2) is 0 Å². The molecule has 0 saturated carbocycles. The number of hydrogen-bond acceptors (Lipinski definition) is 4. The fraction of sp³-hybridized carbons (Fsp3) is 0.750. The molecular weight excluding hydrogens is 352 g/mol. The summed E-state index contributed by atoms with van der Waals surface area (Å²) in [4.78, 5) is 27.6. The zero-order chi connectivity index (χ0) is 21.1. The minimum absolute atomic E-state index is 0.0237. The van der Waals surface area contributed by atoms with Gasteiger partial charge in [0.1, 0.15) is 0 Å². The van der Waals surface area contributed by atoms with E-state index in [0.29, 0.717) is 13.0 Å². The molecule has 4 nitrogen and oxygen atoms in total. The van der Waals surface area contributed by atoms with Crippen molar-refractivity contribution in [3.05, 3.63) is 24.3 Å². The fourth-order valence-electron chi connectivity index (χ4n) is 2.67. The average Bonchev–Trinajstić information content (AvgIpc) is 2.69. The van der Waals surface area contributed by atoms with Crippen LogP contribution in [0.15, 0.2) is 24.3 Å². The molecule has 0 amide bonds. The summed E-state index contributed by atoms with van der Waals surface area (Å²) in [6.07, 6.45) is 27.0. The molecule has 0 atom stereocenters. The summed E-state index contributed by atoms with van der Waals surface area (Å²) < 4.78 is 5.21. The maximum Gasteiger partial charge on any atom is 0.373 e. The summed E-state index contributed by atoms with van der Waals surface area (Å²) in [6.45, 7) is 4.95. The SMILES string of the molecule is CCCCC/C=C\C/C=C\CCCCCCCCOC(=O)CCCC.O=C=O. The van der Waals surface area contributed by atoms with Gasteiger partial charge in [-0.2, -0.15) is 9.59 Å². The van der Waals surface area contributed by atoms with Gasteiger partial charge in [0.05, 0.1) is 6.61 Å². The van der Waals surface area contributed by atoms with E-state index in [1.165, 1.54) is 64.2 Å². The van der Waals surface area contributed by atoms with Crippen LogP contribution in [-0.2, 0) is 19.1 Å². The third kappa shape index (κ3) is 29.1. The van der Waals surface area contributed by atoms with Gasteiger partial charge < -0.3 is 4.74 Å². The standard InChI is InChI=1S/C23H42O2.CO2/c1-3-5-7-8-9-10-11-12-13-14-15-16-17-18-19-20-22-25-23(24)21-6-4-2;2-1-3/h9-10,12-13H,3-8,11,14-22H2,1-2H3;/b10-9-,13-12-;. The van der Waals surface area contributed by atoms with Gasteiger partial charge >= 0.3 is 12.1 Å². The summed E-state index contributed by atoms with van der Waals surface area (Å²) in [7, 11) is 0. The molecule has 0 aromatic carbocycles. The molecule has 0 aromatic heterocycles. The largest absolute Gasteiger partial charge is 0.466 e. The summed E-state index contributed by atoms with van der Waals surface area (Å²) in [5.41, 5.74) is 0. The maximum absolute atomic E-state index is 11.3. The van der Waals surface area contributed by atoms with Gasteiger partial charge in [-0.25, -0.2) is 0 Å². The van der Waals surface area contributed by atoms with Crippen LogP contribution in [0.1, 0.15) is 110 Å². The molecule has 0 aliphatic carbocycles. The second kappa shape index (κ2) is 27.5. The summed E-state index contributed by atoms with van der Waals surface area (Å²) >= 11 is 0. The highest BCUT2D eigenvalue weighted by Gasteiger charge is 2.00. The molecule has 0 saturated heterocycles. The normalized spacial score (nSPS) is 10.6. The first kappa shape index (κ1) is 28.5. The Kier molecular flexibility index (Phi) is 28.1. The minimum Gasteiger partial charge on any atom is -0.466 e. The van der Waals surface area contributed by atoms with E-state index in [1.807, 2.05) is 0 Å². The van der Waals surface area contributed by atoms with Gasteiger partial charge in [0, 0.05) is 6.42 Å². The predicted octanol–water partition coefficient (Wildman–Crippen LogP) is 6.95. The average molecular weight is 395 g/mol. The molecular formula is C24H42O4. The number of ether oxygens (including phenoxy) is 1. The molecule has 28 heavy (non-hydrogen) atoms. The zero-order valence-corrected chi connectivity index (χ0v) is 18.3. The van der Waals surface area contributed by atoms with E-state index in [0.717, 1.165) is 25.7 Å². The van der Waals surface area contributed by atoms with Gasteiger partial charge in [-0.3, -0.25) is 4.79 Å². The van der Waals surface area contributed by atoms with Crippen molar-refractivity contribution in [2.45, 2.75) is 110 Å². The highest BCUT2D eigenvalue weighted by Crippen LogP contribution is 2.08. The highest BCUT2D eigenvalue weighted by atomic mass is 16.5. The Balaban J connectivity index is 0. The summed E-state index contributed by atoms with van der Waals surface area (Å²) in [5.74, 6) is -0.0237. The third-order valence-electron chi connectivity index (χ3n) is 4.34. The van der Waals surface area contributed by atoms with Crippen LogP contribution >= 0.6 is 0 Å². The molecule has 0 radical (unpaired) electrons. The number of carbonyl (C=O) groups excluding carboxylic acids is 3. The van der Waals surface area contributed by atoms with E-state index in [-0.39, 0.29) is 12.1 Å². The molecule has 0 rings (SSSR count). The smallest absolute Gasteiger partial charge is 0.373 e. The lowest BCUT2D eigenvalue weighted by Crippen LogP contribution is -2.05. The molecule has 0 bridgehead atoms. The van der Waals surface area contributed by atoms with Gasteiger partial charge in [0.25, 0.3) is 0 Å². The van der Waals surface area contributed by atoms with Crippen LogP contribution in [0.3, 0.4) is 0 Å². The Morgan fingerprint density at radius 2 is 1.21 bits per heavy atom. The molecule has 0 aromatic rings. The lowest BCUT2D eigenvalue weighted by molar-refractivity contribution is -0.191. The maximum atomic E-state index is 11.3. The molecule has 0 N–H and O–H groups in total. The lowest BCUT2D eigenvalue weighted by Gasteiger charge is -2.04. The fourth-order valence-corrected chi connectivity index (χ4v) is 2.67. The monoisotopic (exact) mass is 394 g/mol. The van der Waals surface area contributed by atoms with E-state index in [1.54, 1.807) is 0 Å². The summed E-state index contributed by atoms with van der Waals surface area (Å²) in [6, 6.07) is 0. The highest BCUT2D eigenvalue weighted by molar-refractivity contribution is 5.69. The van der Waals surface area contributed by atoms with Crippen molar-refractivity contribution in [3.8, 4) is 0 Å². The molecule has 0 unspecified atom stereocenters. The molecule has 0 heterocycles. The topological polar surface area (TPSA) is 60.4 Å². The van der Waals surface area contributed by atoms with Crippen LogP contribution in [0.25, 0.3) is 0 Å². The van der Waals surface area contributed by atoms with Gasteiger partial charge in [-0.05, 0) is 44.9 Å². The summed E-state index contributed by atoms with van der Waals surface area (Å²) in [5, 5.41) is 0. The van der Waals surface area contributed by atoms with Gasteiger partial charge in [0.2, 0.25) is 0 Å². The third-order valence-corrected chi connectivity index (χ3v) is 4.34. The van der Waals surface area contributed by atoms with Crippen molar-refractivity contribution in [2.24, 2.45) is 0 Å². The van der Waals surface area contributed by atoms with Crippen LogP contribution in [0, 0.1) is 0 Å². The van der Waals surface area contributed by atoms with E-state index in [2.05, 4.69) is 38.2 Å². The van der Waals surface area contributed by atoms with Crippen molar-refractivity contribution in [1.82, 2.24) is 0 Å². The number of carbonyl (C=O) groups is 1. The van der Waals surface area contributed by atoms with Gasteiger partial charge in [-0.1, -0.05) is 83.1 Å². The number of rotatable bonds is 18. The van der Waals surface area contributed by atoms with Crippen LogP contribution in [0.2, 0.25) is 0 Å². The number of esters is 1. The van der Waals surface area contributed by atoms with Crippen molar-refractivity contribution >= 4 is 12.1 Å². The van der Waals surface area contributed by atoms with E-state index < -0.39 is 0 Å². The van der Waals surface area contributed by atoms with Crippen molar-refractivity contribution in [3.63, 3.8) is 0 Å². The molecule has 4 heteroatoms. The number of allylic oxidation sites excluding steroid dienone is 4. The van der Waals surface area contributed by atoms with Crippen LogP contribution < -0.4 is 0 Å². The van der Waals surface area contributed by atoms with E-state index in [9.17, 15) is 4.79 Å². The van der Waals surface area contributed by atoms with Crippen molar-refractivity contribution in [2.75, 3.05) is 6.61 Å². The van der Waals surface area contributed by atoms with Crippen LogP contribution in [-0.4, -0.2) is 18.7 Å². The Labute approximate surface area is 172 Å². The minimum atomic E-state index is -0.0237. The first-order chi connectivity index (χ1) is 13.7. The predicted molar refractivity (Wildman–Crippen MR) is 115 cm³/mol. The molecule has 0 aliphatic heterocycles. The van der Waals surface area contributed by atoms with Gasteiger partial charge in [-0.15, -0.1) is 0 Å². The molecule has 162 valence electrons. The Bertz CT molecular complexity index is 407. The number of hydrogen-bond donors (Lipinski definition) is 0. The Morgan fingerprint density at radius 3 is 1.79 bits per heavy atom. The van der Waals surface area contributed by atoms with Crippen LogP contribution in [0.4, 0.5) is 0 Å². The lowest BCUT2D eigenvalue weighted by atomic mass is 10.1. The van der Waals surface area contributed by atoms with E-state index in [4.69, 9.17) is 14.3 Å². The second-order valence-electron chi connectivity index (χ2n) is 6.99. The quantitative estimate of drug-likeness (QED) is 0.143. The molecule has 0 aliphatic rings. The first-order valence-corrected chi connectivity index (χ1v) is 11.2. The Morgan fingerprint density at radius 1 is 0.714 bits per heavy atom. The van der Waals surface area contributed by atoms with Crippen molar-refractivity contribution < 1.29 is 19.1 Å². The molecule has 0 spiro atoms. The van der Waals surface area contributed by atoms with Crippen molar-refractivity contribution in [1.29, 1.82) is 0 Å². The number of unbranched alkanes of at least 4 members (excludes halogenated alkanes) is 10. The first-order valence-electron chi connectivity index (χ1n) is 11.2.